The van der Waals surface area contributed by atoms with E-state index in [9.17, 15) is 20.1 Å². The minimum atomic E-state index is -0.434. The van der Waals surface area contributed by atoms with Gasteiger partial charge in [-0.3, -0.25) is 4.79 Å². The maximum Gasteiger partial charge on any atom is 0.204 e. The molecule has 0 unspecified atom stereocenters. The fourth-order valence-electron chi connectivity index (χ4n) is 2.49. The van der Waals surface area contributed by atoms with Gasteiger partial charge in [0.15, 0.2) is 22.8 Å². The minimum absolute atomic E-state index is 0.0167. The first-order valence-electron chi connectivity index (χ1n) is 6.89. The average Bonchev–Trinajstić information content (AvgIpc) is 2.57. The molecule has 1 heterocycles. The molecule has 7 nitrogen and oxygen atoms in total. The van der Waals surface area contributed by atoms with Gasteiger partial charge >= 0.3 is 0 Å². The molecule has 0 aliphatic heterocycles. The molecule has 2 aromatic carbocycles. The van der Waals surface area contributed by atoms with Crippen LogP contribution in [0.1, 0.15) is 0 Å². The highest BCUT2D eigenvalue weighted by atomic mass is 16.5. The number of aromatic hydroxyl groups is 3. The Labute approximate surface area is 135 Å². The summed E-state index contributed by atoms with van der Waals surface area (Å²) in [7, 11) is 2.70. The Kier molecular flexibility index (Phi) is 3.69. The molecular formula is C17H14O7. The van der Waals surface area contributed by atoms with E-state index in [1.165, 1.54) is 44.7 Å². The molecule has 0 atom stereocenters. The van der Waals surface area contributed by atoms with Gasteiger partial charge in [-0.2, -0.15) is 0 Å². The van der Waals surface area contributed by atoms with Crippen molar-refractivity contribution in [2.45, 2.75) is 0 Å². The Hall–Kier alpha value is -3.35. The third kappa shape index (κ3) is 2.26. The van der Waals surface area contributed by atoms with Crippen molar-refractivity contribution in [1.29, 1.82) is 0 Å². The van der Waals surface area contributed by atoms with E-state index in [0.717, 1.165) is 0 Å². The van der Waals surface area contributed by atoms with Gasteiger partial charge in [0.1, 0.15) is 17.4 Å². The monoisotopic (exact) mass is 330 g/mol. The highest BCUT2D eigenvalue weighted by Crippen LogP contribution is 2.40. The number of hydrogen-bond donors (Lipinski definition) is 3. The Balaban J connectivity index is 2.37. The quantitative estimate of drug-likeness (QED) is 0.633. The van der Waals surface area contributed by atoms with Crippen molar-refractivity contribution in [3.63, 3.8) is 0 Å². The van der Waals surface area contributed by atoms with Gasteiger partial charge in [0, 0.05) is 6.07 Å². The van der Waals surface area contributed by atoms with Gasteiger partial charge in [-0.25, -0.2) is 0 Å². The normalized spacial score (nSPS) is 10.8. The summed E-state index contributed by atoms with van der Waals surface area (Å²) in [5, 5.41) is 29.1. The predicted molar refractivity (Wildman–Crippen MR) is 86.0 cm³/mol. The smallest absolute Gasteiger partial charge is 0.204 e. The van der Waals surface area contributed by atoms with Crippen LogP contribution in [0.2, 0.25) is 0 Å². The number of phenols is 3. The molecule has 7 heteroatoms. The summed E-state index contributed by atoms with van der Waals surface area (Å²) in [5.74, 6) is -0.736. The Morgan fingerprint density at radius 3 is 2.33 bits per heavy atom. The molecule has 1 aromatic heterocycles. The van der Waals surface area contributed by atoms with E-state index in [1.807, 2.05) is 0 Å². The zero-order valence-electron chi connectivity index (χ0n) is 12.9. The van der Waals surface area contributed by atoms with E-state index >= 15 is 0 Å². The number of fused-ring (bicyclic) bond motifs is 1. The van der Waals surface area contributed by atoms with Gasteiger partial charge in [0.2, 0.25) is 11.2 Å². The van der Waals surface area contributed by atoms with Gasteiger partial charge in [-0.05, 0) is 17.7 Å². The van der Waals surface area contributed by atoms with Crippen molar-refractivity contribution in [3.8, 4) is 39.9 Å². The number of methoxy groups -OCH3 is 2. The summed E-state index contributed by atoms with van der Waals surface area (Å²) in [6, 6.07) is 5.24. The van der Waals surface area contributed by atoms with Crippen LogP contribution in [0.25, 0.3) is 22.1 Å². The van der Waals surface area contributed by atoms with Crippen molar-refractivity contribution < 1.29 is 29.2 Å². The first-order valence-corrected chi connectivity index (χ1v) is 6.89. The molecule has 3 aromatic rings. The molecule has 3 rings (SSSR count). The van der Waals surface area contributed by atoms with Crippen LogP contribution >= 0.6 is 0 Å². The molecule has 3 N–H and O–H groups in total. The van der Waals surface area contributed by atoms with Crippen LogP contribution in [-0.2, 0) is 0 Å². The molecule has 0 aliphatic carbocycles. The molecule has 0 radical (unpaired) electrons. The number of ether oxygens (including phenoxy) is 2. The zero-order chi connectivity index (χ0) is 17.4. The largest absolute Gasteiger partial charge is 0.504 e. The topological polar surface area (TPSA) is 109 Å². The van der Waals surface area contributed by atoms with Crippen molar-refractivity contribution in [2.75, 3.05) is 14.2 Å². The first kappa shape index (κ1) is 15.5. The Morgan fingerprint density at radius 2 is 1.71 bits per heavy atom. The van der Waals surface area contributed by atoms with E-state index in [0.29, 0.717) is 5.56 Å². The summed E-state index contributed by atoms with van der Waals surface area (Å²) in [5.41, 5.74) is 0.126. The molecule has 0 amide bonds. The molecule has 0 saturated heterocycles. The van der Waals surface area contributed by atoms with E-state index in [-0.39, 0.29) is 45.3 Å². The second kappa shape index (κ2) is 5.69. The number of benzene rings is 2. The molecular weight excluding hydrogens is 316 g/mol. The van der Waals surface area contributed by atoms with Gasteiger partial charge in [-0.15, -0.1) is 0 Å². The lowest BCUT2D eigenvalue weighted by molar-refractivity contribution is 0.364. The van der Waals surface area contributed by atoms with Crippen LogP contribution < -0.4 is 14.9 Å². The van der Waals surface area contributed by atoms with Gasteiger partial charge in [0.05, 0.1) is 19.8 Å². The molecule has 0 bridgehead atoms. The summed E-state index contributed by atoms with van der Waals surface area (Å²) in [6.07, 6.45) is 1.19. The molecule has 0 fully saturated rings. The van der Waals surface area contributed by atoms with Crippen LogP contribution in [0, 0.1) is 0 Å². The fourth-order valence-corrected chi connectivity index (χ4v) is 2.49. The summed E-state index contributed by atoms with van der Waals surface area (Å²) < 4.78 is 15.7. The number of hydrogen-bond acceptors (Lipinski definition) is 7. The lowest BCUT2D eigenvalue weighted by Crippen LogP contribution is -2.07. The molecule has 0 spiro atoms. The molecule has 0 aliphatic rings. The second-order valence-electron chi connectivity index (χ2n) is 5.02. The number of rotatable bonds is 3. The summed E-state index contributed by atoms with van der Waals surface area (Å²) in [4.78, 5) is 12.9. The maximum atomic E-state index is 12.9. The lowest BCUT2D eigenvalue weighted by atomic mass is 10.0. The summed E-state index contributed by atoms with van der Waals surface area (Å²) >= 11 is 0. The fraction of sp³-hybridized carbons (Fsp3) is 0.118. The maximum absolute atomic E-state index is 12.9. The van der Waals surface area contributed by atoms with E-state index in [4.69, 9.17) is 13.9 Å². The van der Waals surface area contributed by atoms with Gasteiger partial charge in [0.25, 0.3) is 0 Å². The van der Waals surface area contributed by atoms with Crippen LogP contribution in [0.15, 0.2) is 39.7 Å². The van der Waals surface area contributed by atoms with Crippen LogP contribution in [0.3, 0.4) is 0 Å². The molecule has 24 heavy (non-hydrogen) atoms. The average molecular weight is 330 g/mol. The van der Waals surface area contributed by atoms with Crippen molar-refractivity contribution >= 4 is 11.0 Å². The zero-order valence-corrected chi connectivity index (χ0v) is 12.9. The Morgan fingerprint density at radius 1 is 0.958 bits per heavy atom. The first-order chi connectivity index (χ1) is 11.5. The summed E-state index contributed by atoms with van der Waals surface area (Å²) in [6.45, 7) is 0. The van der Waals surface area contributed by atoms with Gasteiger partial charge < -0.3 is 29.2 Å². The SMILES string of the molecule is COc1c(O)cc(OC)c2c(=O)c(-c3ccc(O)c(O)c3)coc12. The van der Waals surface area contributed by atoms with Crippen LogP contribution in [0.5, 0.6) is 28.7 Å². The lowest BCUT2D eigenvalue weighted by Gasteiger charge is -2.11. The standard InChI is InChI=1S/C17H14O7/c1-22-13-6-12(20)16(23-2)17-14(13)15(21)9(7-24-17)8-3-4-10(18)11(19)5-8/h3-7,18-20H,1-2H3. The third-order valence-electron chi connectivity index (χ3n) is 3.66. The predicted octanol–water partition coefficient (Wildman–Crippen LogP) is 2.59. The molecule has 0 saturated carbocycles. The van der Waals surface area contributed by atoms with Crippen LogP contribution in [-0.4, -0.2) is 29.5 Å². The number of phenolic OH excluding ortho intramolecular Hbond substituents is 3. The van der Waals surface area contributed by atoms with Crippen LogP contribution in [0.4, 0.5) is 0 Å². The highest BCUT2D eigenvalue weighted by Gasteiger charge is 2.20. The third-order valence-corrected chi connectivity index (χ3v) is 3.66. The van der Waals surface area contributed by atoms with E-state index < -0.39 is 5.43 Å². The second-order valence-corrected chi connectivity index (χ2v) is 5.02. The van der Waals surface area contributed by atoms with Crippen molar-refractivity contribution in [3.05, 3.63) is 40.8 Å². The van der Waals surface area contributed by atoms with Crippen molar-refractivity contribution in [1.82, 2.24) is 0 Å². The van der Waals surface area contributed by atoms with E-state index in [1.54, 1.807) is 0 Å². The van der Waals surface area contributed by atoms with Crippen molar-refractivity contribution in [2.24, 2.45) is 0 Å². The van der Waals surface area contributed by atoms with Gasteiger partial charge in [-0.1, -0.05) is 6.07 Å². The molecule has 124 valence electrons. The van der Waals surface area contributed by atoms with E-state index in [2.05, 4.69) is 0 Å². The highest BCUT2D eigenvalue weighted by molar-refractivity contribution is 5.93. The minimum Gasteiger partial charge on any atom is -0.504 e. The Bertz CT molecular complexity index is 988.